The lowest BCUT2D eigenvalue weighted by Gasteiger charge is -2.04. The Morgan fingerprint density at radius 2 is 2.20 bits per heavy atom. The Morgan fingerprint density at radius 3 is 2.95 bits per heavy atom. The summed E-state index contributed by atoms with van der Waals surface area (Å²) in [7, 11) is 1.94. The molecule has 106 valence electrons. The summed E-state index contributed by atoms with van der Waals surface area (Å²) in [4.78, 5) is 4.66. The van der Waals surface area contributed by atoms with E-state index >= 15 is 0 Å². The zero-order valence-electron chi connectivity index (χ0n) is 11.4. The van der Waals surface area contributed by atoms with Crippen molar-refractivity contribution < 1.29 is 9.47 Å². The molecule has 0 saturated carbocycles. The summed E-state index contributed by atoms with van der Waals surface area (Å²) in [5, 5.41) is 0. The van der Waals surface area contributed by atoms with Gasteiger partial charge in [0.1, 0.15) is 17.3 Å². The number of ether oxygens (including phenoxy) is 2. The number of benzene rings is 1. The van der Waals surface area contributed by atoms with Crippen LogP contribution in [0.3, 0.4) is 0 Å². The van der Waals surface area contributed by atoms with Gasteiger partial charge in [-0.15, -0.1) is 0 Å². The van der Waals surface area contributed by atoms with Gasteiger partial charge in [-0.2, -0.15) is 0 Å². The monoisotopic (exact) mass is 337 g/mol. The Morgan fingerprint density at radius 1 is 1.40 bits per heavy atom. The van der Waals surface area contributed by atoms with Crippen LogP contribution in [0.1, 0.15) is 19.2 Å². The van der Waals surface area contributed by atoms with Gasteiger partial charge in [-0.3, -0.25) is 0 Å². The molecule has 1 aliphatic heterocycles. The third kappa shape index (κ3) is 2.04. The van der Waals surface area contributed by atoms with Gasteiger partial charge in [-0.05, 0) is 34.5 Å². The minimum absolute atomic E-state index is 0.246. The average molecular weight is 338 g/mol. The standard InChI is InChI=1S/C14H16BrN3O2/c1-3-4-11-17-12(14(16)18(11)2)8-5-9(15)13-10(6-8)19-7-20-13/h5-6H,3-4,7,16H2,1-2H3. The number of nitrogens with two attached hydrogens (primary N) is 1. The van der Waals surface area contributed by atoms with Gasteiger partial charge in [-0.1, -0.05) is 6.92 Å². The van der Waals surface area contributed by atoms with Crippen molar-refractivity contribution in [1.29, 1.82) is 0 Å². The third-order valence-electron chi connectivity index (χ3n) is 3.41. The van der Waals surface area contributed by atoms with Gasteiger partial charge in [0.15, 0.2) is 11.5 Å². The van der Waals surface area contributed by atoms with Crippen LogP contribution in [-0.2, 0) is 13.5 Å². The number of fused-ring (bicyclic) bond motifs is 1. The lowest BCUT2D eigenvalue weighted by atomic mass is 10.1. The molecular weight excluding hydrogens is 322 g/mol. The Labute approximate surface area is 125 Å². The molecule has 0 fully saturated rings. The number of hydrogen-bond donors (Lipinski definition) is 1. The van der Waals surface area contributed by atoms with Gasteiger partial charge in [0.05, 0.1) is 4.47 Å². The molecule has 1 aromatic heterocycles. The normalized spacial score (nSPS) is 12.9. The second-order valence-electron chi connectivity index (χ2n) is 4.76. The third-order valence-corrected chi connectivity index (χ3v) is 4.00. The number of halogens is 1. The van der Waals surface area contributed by atoms with Crippen molar-refractivity contribution in [3.8, 4) is 22.8 Å². The lowest BCUT2D eigenvalue weighted by molar-refractivity contribution is 0.173. The van der Waals surface area contributed by atoms with Gasteiger partial charge < -0.3 is 19.8 Å². The second-order valence-corrected chi connectivity index (χ2v) is 5.62. The predicted octanol–water partition coefficient (Wildman–Crippen LogP) is 3.11. The van der Waals surface area contributed by atoms with Crippen LogP contribution in [0, 0.1) is 0 Å². The van der Waals surface area contributed by atoms with Crippen LogP contribution in [0.15, 0.2) is 16.6 Å². The highest BCUT2D eigenvalue weighted by Gasteiger charge is 2.21. The van der Waals surface area contributed by atoms with E-state index in [1.807, 2.05) is 23.7 Å². The van der Waals surface area contributed by atoms with E-state index in [0.29, 0.717) is 5.82 Å². The van der Waals surface area contributed by atoms with Crippen molar-refractivity contribution in [3.63, 3.8) is 0 Å². The van der Waals surface area contributed by atoms with Crippen LogP contribution in [0.25, 0.3) is 11.3 Å². The number of aromatic nitrogens is 2. The largest absolute Gasteiger partial charge is 0.454 e. The first kappa shape index (κ1) is 13.3. The number of rotatable bonds is 3. The van der Waals surface area contributed by atoms with Crippen molar-refractivity contribution in [2.45, 2.75) is 19.8 Å². The Kier molecular flexibility index (Phi) is 3.33. The van der Waals surface area contributed by atoms with Crippen molar-refractivity contribution >= 4 is 21.7 Å². The van der Waals surface area contributed by atoms with Gasteiger partial charge >= 0.3 is 0 Å². The zero-order chi connectivity index (χ0) is 14.3. The summed E-state index contributed by atoms with van der Waals surface area (Å²) in [5.74, 6) is 3.11. The summed E-state index contributed by atoms with van der Waals surface area (Å²) < 4.78 is 13.6. The summed E-state index contributed by atoms with van der Waals surface area (Å²) >= 11 is 3.50. The maximum Gasteiger partial charge on any atom is 0.231 e. The Hall–Kier alpha value is -1.69. The summed E-state index contributed by atoms with van der Waals surface area (Å²) in [6.45, 7) is 2.37. The highest BCUT2D eigenvalue weighted by atomic mass is 79.9. The van der Waals surface area contributed by atoms with E-state index in [1.165, 1.54) is 0 Å². The van der Waals surface area contributed by atoms with Crippen LogP contribution in [0.4, 0.5) is 5.82 Å². The van der Waals surface area contributed by atoms with Gasteiger partial charge in [-0.25, -0.2) is 4.98 Å². The van der Waals surface area contributed by atoms with E-state index in [-0.39, 0.29) is 6.79 Å². The van der Waals surface area contributed by atoms with E-state index in [1.54, 1.807) is 0 Å². The second kappa shape index (κ2) is 5.01. The van der Waals surface area contributed by atoms with Crippen LogP contribution in [-0.4, -0.2) is 16.3 Å². The number of hydrogen-bond acceptors (Lipinski definition) is 4. The summed E-state index contributed by atoms with van der Waals surface area (Å²) in [5.41, 5.74) is 7.89. The molecule has 2 heterocycles. The zero-order valence-corrected chi connectivity index (χ0v) is 13.0. The van der Waals surface area contributed by atoms with E-state index < -0.39 is 0 Å². The molecule has 0 radical (unpaired) electrons. The molecule has 3 rings (SSSR count). The summed E-state index contributed by atoms with van der Waals surface area (Å²) in [6.07, 6.45) is 1.95. The van der Waals surface area contributed by atoms with Crippen molar-refractivity contribution in [2.75, 3.05) is 12.5 Å². The maximum absolute atomic E-state index is 6.17. The quantitative estimate of drug-likeness (QED) is 0.934. The van der Waals surface area contributed by atoms with Crippen LogP contribution >= 0.6 is 15.9 Å². The first-order valence-electron chi connectivity index (χ1n) is 6.52. The minimum atomic E-state index is 0.246. The van der Waals surface area contributed by atoms with E-state index in [4.69, 9.17) is 15.2 Å². The Balaban J connectivity index is 2.10. The first-order valence-corrected chi connectivity index (χ1v) is 7.31. The fourth-order valence-electron chi connectivity index (χ4n) is 2.32. The van der Waals surface area contributed by atoms with Gasteiger partial charge in [0.25, 0.3) is 0 Å². The fourth-order valence-corrected chi connectivity index (χ4v) is 2.88. The smallest absolute Gasteiger partial charge is 0.231 e. The topological polar surface area (TPSA) is 62.3 Å². The molecule has 0 amide bonds. The molecule has 2 N–H and O–H groups in total. The molecular formula is C14H16BrN3O2. The van der Waals surface area contributed by atoms with Crippen molar-refractivity contribution in [3.05, 3.63) is 22.4 Å². The number of imidazole rings is 1. The SMILES string of the molecule is CCCc1nc(-c2cc(Br)c3c(c2)OCO3)c(N)n1C. The van der Waals surface area contributed by atoms with Gasteiger partial charge in [0.2, 0.25) is 6.79 Å². The van der Waals surface area contributed by atoms with Crippen LogP contribution in [0.2, 0.25) is 0 Å². The summed E-state index contributed by atoms with van der Waals surface area (Å²) in [6, 6.07) is 3.88. The molecule has 1 aromatic carbocycles. The number of nitrogen functional groups attached to an aromatic ring is 1. The van der Waals surface area contributed by atoms with E-state index in [9.17, 15) is 0 Å². The van der Waals surface area contributed by atoms with Crippen molar-refractivity contribution in [1.82, 2.24) is 9.55 Å². The number of nitrogens with zero attached hydrogens (tertiary/aromatic N) is 2. The van der Waals surface area contributed by atoms with Crippen LogP contribution in [0.5, 0.6) is 11.5 Å². The van der Waals surface area contributed by atoms with E-state index in [0.717, 1.165) is 45.9 Å². The molecule has 2 aromatic rings. The molecule has 0 saturated heterocycles. The molecule has 0 atom stereocenters. The van der Waals surface area contributed by atoms with E-state index in [2.05, 4.69) is 27.8 Å². The molecule has 0 aliphatic carbocycles. The number of aryl methyl sites for hydroxylation is 1. The Bertz CT molecular complexity index is 667. The molecule has 1 aliphatic rings. The fraction of sp³-hybridized carbons (Fsp3) is 0.357. The highest BCUT2D eigenvalue weighted by Crippen LogP contribution is 2.43. The molecule has 20 heavy (non-hydrogen) atoms. The molecule has 6 heteroatoms. The minimum Gasteiger partial charge on any atom is -0.454 e. The lowest BCUT2D eigenvalue weighted by Crippen LogP contribution is -2.01. The molecule has 0 spiro atoms. The number of anilines is 1. The highest BCUT2D eigenvalue weighted by molar-refractivity contribution is 9.10. The maximum atomic E-state index is 6.17. The first-order chi connectivity index (χ1) is 9.61. The van der Waals surface area contributed by atoms with Gasteiger partial charge in [0, 0.05) is 19.0 Å². The predicted molar refractivity (Wildman–Crippen MR) is 80.9 cm³/mol. The molecule has 0 unspecified atom stereocenters. The molecule has 0 bridgehead atoms. The van der Waals surface area contributed by atoms with Crippen LogP contribution < -0.4 is 15.2 Å². The average Bonchev–Trinajstić information content (AvgIpc) is 2.99. The molecule has 5 nitrogen and oxygen atoms in total. The van der Waals surface area contributed by atoms with Crippen molar-refractivity contribution in [2.24, 2.45) is 7.05 Å².